The zero-order chi connectivity index (χ0) is 12.1. The third kappa shape index (κ3) is 3.96. The molecule has 2 nitrogen and oxygen atoms in total. The highest BCUT2D eigenvalue weighted by molar-refractivity contribution is 4.85. The molecule has 0 aromatic heterocycles. The van der Waals surface area contributed by atoms with Gasteiger partial charge in [0.2, 0.25) is 0 Å². The van der Waals surface area contributed by atoms with Crippen LogP contribution in [0.3, 0.4) is 0 Å². The van der Waals surface area contributed by atoms with Crippen LogP contribution in [-0.4, -0.2) is 23.3 Å². The topological polar surface area (TPSA) is 32.3 Å². The molecule has 4 unspecified atom stereocenters. The highest BCUT2D eigenvalue weighted by Gasteiger charge is 2.27. The lowest BCUT2D eigenvalue weighted by Crippen LogP contribution is -2.46. The summed E-state index contributed by atoms with van der Waals surface area (Å²) in [5, 5.41) is 13.9. The Morgan fingerprint density at radius 1 is 1.00 bits per heavy atom. The minimum atomic E-state index is -0.0977. The van der Waals surface area contributed by atoms with E-state index < -0.39 is 0 Å². The molecule has 0 aromatic carbocycles. The van der Waals surface area contributed by atoms with Gasteiger partial charge in [-0.15, -0.1) is 0 Å². The van der Waals surface area contributed by atoms with Crippen LogP contribution in [0.5, 0.6) is 0 Å². The molecule has 0 saturated heterocycles. The molecule has 2 aliphatic carbocycles. The van der Waals surface area contributed by atoms with Crippen molar-refractivity contribution < 1.29 is 5.11 Å². The summed E-state index contributed by atoms with van der Waals surface area (Å²) in [6.45, 7) is 2.31. The number of hydrogen-bond acceptors (Lipinski definition) is 2. The molecular weight excluding hydrogens is 210 g/mol. The molecule has 0 aromatic rings. The van der Waals surface area contributed by atoms with E-state index in [0.717, 1.165) is 12.3 Å². The van der Waals surface area contributed by atoms with Gasteiger partial charge in [0.15, 0.2) is 0 Å². The van der Waals surface area contributed by atoms with Crippen molar-refractivity contribution in [2.45, 2.75) is 89.3 Å². The molecule has 0 bridgehead atoms. The van der Waals surface area contributed by atoms with Gasteiger partial charge in [0.05, 0.1) is 6.10 Å². The molecule has 0 radical (unpaired) electrons. The van der Waals surface area contributed by atoms with Gasteiger partial charge in [-0.2, -0.15) is 0 Å². The Hall–Kier alpha value is -0.0800. The molecule has 100 valence electrons. The predicted molar refractivity (Wildman–Crippen MR) is 72.1 cm³/mol. The van der Waals surface area contributed by atoms with E-state index in [-0.39, 0.29) is 6.10 Å². The Morgan fingerprint density at radius 2 is 1.82 bits per heavy atom. The van der Waals surface area contributed by atoms with Gasteiger partial charge in [-0.05, 0) is 31.6 Å². The lowest BCUT2D eigenvalue weighted by atomic mass is 9.83. The summed E-state index contributed by atoms with van der Waals surface area (Å²) in [5.74, 6) is 0.921. The Balaban J connectivity index is 1.81. The third-order valence-electron chi connectivity index (χ3n) is 4.79. The second-order valence-electron chi connectivity index (χ2n) is 6.12. The first-order valence-corrected chi connectivity index (χ1v) is 7.73. The van der Waals surface area contributed by atoms with E-state index in [1.807, 2.05) is 0 Å². The smallest absolute Gasteiger partial charge is 0.0693 e. The second-order valence-corrected chi connectivity index (χ2v) is 6.12. The van der Waals surface area contributed by atoms with Gasteiger partial charge in [0.1, 0.15) is 0 Å². The molecule has 0 amide bonds. The van der Waals surface area contributed by atoms with Crippen LogP contribution in [0.15, 0.2) is 0 Å². The van der Waals surface area contributed by atoms with Crippen LogP contribution < -0.4 is 5.32 Å². The first kappa shape index (κ1) is 13.4. The fourth-order valence-electron chi connectivity index (χ4n) is 3.60. The third-order valence-corrected chi connectivity index (χ3v) is 4.79. The molecule has 2 heteroatoms. The molecule has 0 heterocycles. The molecule has 2 rings (SSSR count). The molecule has 2 saturated carbocycles. The maximum absolute atomic E-state index is 10.1. The lowest BCUT2D eigenvalue weighted by Gasteiger charge is -2.33. The van der Waals surface area contributed by atoms with Crippen molar-refractivity contribution in [3.05, 3.63) is 0 Å². The molecule has 2 aliphatic rings. The fraction of sp³-hybridized carbons (Fsp3) is 1.00. The molecule has 0 aliphatic heterocycles. The number of rotatable bonds is 3. The zero-order valence-corrected chi connectivity index (χ0v) is 11.3. The first-order chi connectivity index (χ1) is 8.29. The van der Waals surface area contributed by atoms with Crippen molar-refractivity contribution in [2.24, 2.45) is 5.92 Å². The minimum absolute atomic E-state index is 0.0977. The van der Waals surface area contributed by atoms with Crippen LogP contribution in [-0.2, 0) is 0 Å². The molecule has 2 N–H and O–H groups in total. The van der Waals surface area contributed by atoms with Crippen molar-refractivity contribution in [3.8, 4) is 0 Å². The highest BCUT2D eigenvalue weighted by Crippen LogP contribution is 2.28. The monoisotopic (exact) mass is 239 g/mol. The van der Waals surface area contributed by atoms with E-state index in [0.29, 0.717) is 12.1 Å². The summed E-state index contributed by atoms with van der Waals surface area (Å²) < 4.78 is 0. The van der Waals surface area contributed by atoms with Crippen molar-refractivity contribution in [1.29, 1.82) is 0 Å². The van der Waals surface area contributed by atoms with Gasteiger partial charge < -0.3 is 10.4 Å². The van der Waals surface area contributed by atoms with E-state index in [1.54, 1.807) is 0 Å². The quantitative estimate of drug-likeness (QED) is 0.741. The number of nitrogens with one attached hydrogen (secondary N) is 1. The van der Waals surface area contributed by atoms with Crippen LogP contribution in [0.2, 0.25) is 0 Å². The summed E-state index contributed by atoms with van der Waals surface area (Å²) in [6, 6.07) is 1.05. The van der Waals surface area contributed by atoms with Crippen molar-refractivity contribution >= 4 is 0 Å². The van der Waals surface area contributed by atoms with Gasteiger partial charge in [0.25, 0.3) is 0 Å². The second kappa shape index (κ2) is 6.75. The van der Waals surface area contributed by atoms with E-state index >= 15 is 0 Å². The minimum Gasteiger partial charge on any atom is -0.392 e. The number of hydrogen-bond donors (Lipinski definition) is 2. The van der Waals surface area contributed by atoms with Crippen LogP contribution in [0.1, 0.15) is 71.1 Å². The summed E-state index contributed by atoms with van der Waals surface area (Å²) in [6.07, 6.45) is 12.7. The Morgan fingerprint density at radius 3 is 2.65 bits per heavy atom. The molecule has 17 heavy (non-hydrogen) atoms. The van der Waals surface area contributed by atoms with E-state index in [4.69, 9.17) is 0 Å². The zero-order valence-electron chi connectivity index (χ0n) is 11.3. The van der Waals surface area contributed by atoms with Crippen molar-refractivity contribution in [2.75, 3.05) is 0 Å². The molecule has 2 fully saturated rings. The largest absolute Gasteiger partial charge is 0.392 e. The lowest BCUT2D eigenvalue weighted by molar-refractivity contribution is 0.106. The summed E-state index contributed by atoms with van der Waals surface area (Å²) >= 11 is 0. The van der Waals surface area contributed by atoms with Crippen molar-refractivity contribution in [3.63, 3.8) is 0 Å². The Labute approximate surface area is 106 Å². The van der Waals surface area contributed by atoms with Gasteiger partial charge in [0, 0.05) is 12.1 Å². The molecule has 4 atom stereocenters. The number of aliphatic hydroxyl groups excluding tert-OH is 1. The maximum Gasteiger partial charge on any atom is 0.0693 e. The van der Waals surface area contributed by atoms with Gasteiger partial charge in [-0.25, -0.2) is 0 Å². The summed E-state index contributed by atoms with van der Waals surface area (Å²) in [4.78, 5) is 0. The first-order valence-electron chi connectivity index (χ1n) is 7.73. The van der Waals surface area contributed by atoms with Gasteiger partial charge >= 0.3 is 0 Å². The molecular formula is C15H29NO. The Bertz CT molecular complexity index is 219. The predicted octanol–water partition coefficient (Wildman–Crippen LogP) is 3.24. The summed E-state index contributed by atoms with van der Waals surface area (Å²) in [5.41, 5.74) is 0. The van der Waals surface area contributed by atoms with Gasteiger partial charge in [-0.3, -0.25) is 0 Å². The fourth-order valence-corrected chi connectivity index (χ4v) is 3.60. The van der Waals surface area contributed by atoms with E-state index in [9.17, 15) is 5.11 Å². The van der Waals surface area contributed by atoms with E-state index in [1.165, 1.54) is 57.8 Å². The van der Waals surface area contributed by atoms with Crippen LogP contribution in [0.25, 0.3) is 0 Å². The average Bonchev–Trinajstić information content (AvgIpc) is 2.55. The van der Waals surface area contributed by atoms with Crippen LogP contribution in [0, 0.1) is 5.92 Å². The SMILES string of the molecule is CCC1CCCC(NC2CCCCCC2O)C1. The standard InChI is InChI=1S/C15H29NO/c1-2-12-7-6-8-13(11-12)16-14-9-4-3-5-10-15(14)17/h12-17H,2-11H2,1H3. The Kier molecular flexibility index (Phi) is 5.30. The highest BCUT2D eigenvalue weighted by atomic mass is 16.3. The maximum atomic E-state index is 10.1. The average molecular weight is 239 g/mol. The van der Waals surface area contributed by atoms with Gasteiger partial charge in [-0.1, -0.05) is 45.4 Å². The molecule has 0 spiro atoms. The number of aliphatic hydroxyl groups is 1. The summed E-state index contributed by atoms with van der Waals surface area (Å²) in [7, 11) is 0. The van der Waals surface area contributed by atoms with Crippen molar-refractivity contribution in [1.82, 2.24) is 5.32 Å². The van der Waals surface area contributed by atoms with Crippen LogP contribution in [0.4, 0.5) is 0 Å². The normalized spacial score (nSPS) is 39.9. The van der Waals surface area contributed by atoms with Crippen LogP contribution >= 0.6 is 0 Å². The van der Waals surface area contributed by atoms with E-state index in [2.05, 4.69) is 12.2 Å².